The van der Waals surface area contributed by atoms with E-state index in [-0.39, 0.29) is 12.1 Å². The van der Waals surface area contributed by atoms with E-state index < -0.39 is 0 Å². The van der Waals surface area contributed by atoms with Crippen LogP contribution in [0.2, 0.25) is 0 Å². The van der Waals surface area contributed by atoms with Crippen molar-refractivity contribution in [2.24, 2.45) is 5.73 Å². The summed E-state index contributed by atoms with van der Waals surface area (Å²) in [6.45, 7) is 9.91. The van der Waals surface area contributed by atoms with E-state index in [1.165, 1.54) is 5.69 Å². The highest BCUT2D eigenvalue weighted by Crippen LogP contribution is 2.24. The van der Waals surface area contributed by atoms with Gasteiger partial charge in [0.25, 0.3) is 0 Å². The predicted molar refractivity (Wildman–Crippen MR) is 76.0 cm³/mol. The quantitative estimate of drug-likeness (QED) is 0.899. The highest BCUT2D eigenvalue weighted by Gasteiger charge is 2.26. The molecule has 2 N–H and O–H groups in total. The minimum atomic E-state index is 0.231. The average molecular weight is 266 g/mol. The van der Waals surface area contributed by atoms with Gasteiger partial charge in [-0.15, -0.1) is 0 Å². The summed E-state index contributed by atoms with van der Waals surface area (Å²) in [6, 6.07) is 0.640. The minimum absolute atomic E-state index is 0.231. The first-order valence-electron chi connectivity index (χ1n) is 7.21. The topological polar surface area (TPSA) is 56.3 Å². The second kappa shape index (κ2) is 6.50. The lowest BCUT2D eigenvalue weighted by molar-refractivity contribution is 0.0604. The van der Waals surface area contributed by atoms with Crippen molar-refractivity contribution in [3.63, 3.8) is 0 Å². The molecule has 1 fully saturated rings. The van der Waals surface area contributed by atoms with Crippen molar-refractivity contribution in [2.45, 2.75) is 45.4 Å². The Morgan fingerprint density at radius 3 is 3.00 bits per heavy atom. The maximum atomic E-state index is 6.04. The monoisotopic (exact) mass is 266 g/mol. The molecule has 0 bridgehead atoms. The molecule has 5 nitrogen and oxygen atoms in total. The van der Waals surface area contributed by atoms with Gasteiger partial charge in [0.1, 0.15) is 0 Å². The van der Waals surface area contributed by atoms with E-state index in [2.05, 4.69) is 35.2 Å². The number of hydrogen-bond acceptors (Lipinski definition) is 4. The summed E-state index contributed by atoms with van der Waals surface area (Å²) in [5.74, 6) is 0. The summed E-state index contributed by atoms with van der Waals surface area (Å²) in [4.78, 5) is 6.74. The Balaban J connectivity index is 2.20. The van der Waals surface area contributed by atoms with Gasteiger partial charge < -0.3 is 15.0 Å². The van der Waals surface area contributed by atoms with Crippen LogP contribution in [-0.4, -0.2) is 46.8 Å². The summed E-state index contributed by atoms with van der Waals surface area (Å²) >= 11 is 0. The summed E-state index contributed by atoms with van der Waals surface area (Å²) in [7, 11) is 0. The van der Waals surface area contributed by atoms with Crippen molar-refractivity contribution in [1.82, 2.24) is 14.5 Å². The molecule has 108 valence electrons. The fourth-order valence-electron chi connectivity index (χ4n) is 2.77. The lowest BCUT2D eigenvalue weighted by atomic mass is 10.1. The molecule has 0 aromatic carbocycles. The molecule has 2 unspecified atom stereocenters. The first kappa shape index (κ1) is 14.5. The molecule has 2 atom stereocenters. The van der Waals surface area contributed by atoms with Crippen LogP contribution in [0.25, 0.3) is 0 Å². The number of hydrogen-bond donors (Lipinski definition) is 1. The molecule has 2 rings (SSSR count). The zero-order chi connectivity index (χ0) is 13.8. The number of imidazole rings is 1. The lowest BCUT2D eigenvalue weighted by Crippen LogP contribution is -2.38. The Bertz CT molecular complexity index is 391. The maximum Gasteiger partial charge on any atom is 0.0951 e. The van der Waals surface area contributed by atoms with Crippen LogP contribution in [0.15, 0.2) is 12.5 Å². The molecule has 1 saturated heterocycles. The van der Waals surface area contributed by atoms with Crippen LogP contribution in [0, 0.1) is 0 Å². The van der Waals surface area contributed by atoms with Crippen LogP contribution in [0.3, 0.4) is 0 Å². The van der Waals surface area contributed by atoms with Crippen molar-refractivity contribution < 1.29 is 4.74 Å². The molecule has 1 aliphatic rings. The van der Waals surface area contributed by atoms with Gasteiger partial charge in [-0.3, -0.25) is 4.90 Å². The fourth-order valence-corrected chi connectivity index (χ4v) is 2.77. The second-order valence-electron chi connectivity index (χ2n) is 5.60. The molecule has 0 aliphatic carbocycles. The molecule has 5 heteroatoms. The Labute approximate surface area is 115 Å². The van der Waals surface area contributed by atoms with Gasteiger partial charge in [-0.1, -0.05) is 0 Å². The maximum absolute atomic E-state index is 6.04. The smallest absolute Gasteiger partial charge is 0.0951 e. The normalized spacial score (nSPS) is 23.5. The van der Waals surface area contributed by atoms with Crippen molar-refractivity contribution in [3.05, 3.63) is 18.2 Å². The summed E-state index contributed by atoms with van der Waals surface area (Å²) in [6.07, 6.45) is 5.19. The van der Waals surface area contributed by atoms with Gasteiger partial charge in [-0.05, 0) is 27.2 Å². The van der Waals surface area contributed by atoms with E-state index in [9.17, 15) is 0 Å². The molecular weight excluding hydrogens is 240 g/mol. The molecule has 0 radical (unpaired) electrons. The summed E-state index contributed by atoms with van der Waals surface area (Å²) < 4.78 is 7.93. The van der Waals surface area contributed by atoms with E-state index in [0.29, 0.717) is 12.6 Å². The third-order valence-corrected chi connectivity index (χ3v) is 3.74. The molecular formula is C14H26N4O. The SMILES string of the molecule is CC1CN(C(CN)c2cncn2C(C)C)CCCO1. The highest BCUT2D eigenvalue weighted by molar-refractivity contribution is 5.08. The van der Waals surface area contributed by atoms with E-state index in [1.54, 1.807) is 0 Å². The Morgan fingerprint density at radius 1 is 1.53 bits per heavy atom. The highest BCUT2D eigenvalue weighted by atomic mass is 16.5. The van der Waals surface area contributed by atoms with E-state index in [1.807, 2.05) is 12.5 Å². The standard InChI is InChI=1S/C14H26N4O/c1-11(2)18-10-16-8-14(18)13(7-15)17-5-4-6-19-12(3)9-17/h8,10-13H,4-7,9,15H2,1-3H3. The van der Waals surface area contributed by atoms with Crippen molar-refractivity contribution in [1.29, 1.82) is 0 Å². The predicted octanol–water partition coefficient (Wildman–Crippen LogP) is 1.57. The average Bonchev–Trinajstić information content (AvgIpc) is 2.75. The Hall–Kier alpha value is -0.910. The van der Waals surface area contributed by atoms with E-state index in [0.717, 1.165) is 26.1 Å². The van der Waals surface area contributed by atoms with Crippen LogP contribution in [0.4, 0.5) is 0 Å². The molecule has 0 spiro atoms. The third kappa shape index (κ3) is 3.35. The molecule has 1 aromatic rings. The Kier molecular flexibility index (Phi) is 4.96. The molecule has 1 aromatic heterocycles. The van der Waals surface area contributed by atoms with E-state index in [4.69, 9.17) is 10.5 Å². The Morgan fingerprint density at radius 2 is 2.32 bits per heavy atom. The zero-order valence-corrected chi connectivity index (χ0v) is 12.2. The van der Waals surface area contributed by atoms with Gasteiger partial charge in [0.15, 0.2) is 0 Å². The summed E-state index contributed by atoms with van der Waals surface area (Å²) in [5, 5.41) is 0. The molecule has 1 aliphatic heterocycles. The lowest BCUT2D eigenvalue weighted by Gasteiger charge is -2.31. The van der Waals surface area contributed by atoms with Crippen LogP contribution in [-0.2, 0) is 4.74 Å². The van der Waals surface area contributed by atoms with Crippen LogP contribution in [0.5, 0.6) is 0 Å². The fraction of sp³-hybridized carbons (Fsp3) is 0.786. The number of ether oxygens (including phenoxy) is 1. The third-order valence-electron chi connectivity index (χ3n) is 3.74. The second-order valence-corrected chi connectivity index (χ2v) is 5.60. The number of nitrogens with two attached hydrogens (primary N) is 1. The van der Waals surface area contributed by atoms with Crippen molar-refractivity contribution in [2.75, 3.05) is 26.2 Å². The van der Waals surface area contributed by atoms with Gasteiger partial charge in [0.2, 0.25) is 0 Å². The van der Waals surface area contributed by atoms with Crippen molar-refractivity contribution in [3.8, 4) is 0 Å². The molecule has 2 heterocycles. The molecule has 0 amide bonds. The van der Waals surface area contributed by atoms with Gasteiger partial charge in [0, 0.05) is 38.5 Å². The number of nitrogens with zero attached hydrogens (tertiary/aromatic N) is 3. The number of rotatable bonds is 4. The largest absolute Gasteiger partial charge is 0.377 e. The minimum Gasteiger partial charge on any atom is -0.377 e. The van der Waals surface area contributed by atoms with Gasteiger partial charge in [-0.25, -0.2) is 4.98 Å². The van der Waals surface area contributed by atoms with Crippen LogP contribution >= 0.6 is 0 Å². The van der Waals surface area contributed by atoms with E-state index >= 15 is 0 Å². The summed E-state index contributed by atoms with van der Waals surface area (Å²) in [5.41, 5.74) is 7.25. The van der Waals surface area contributed by atoms with Gasteiger partial charge >= 0.3 is 0 Å². The zero-order valence-electron chi connectivity index (χ0n) is 12.2. The van der Waals surface area contributed by atoms with Gasteiger partial charge in [-0.2, -0.15) is 0 Å². The molecule has 19 heavy (non-hydrogen) atoms. The molecule has 0 saturated carbocycles. The number of aromatic nitrogens is 2. The first-order valence-corrected chi connectivity index (χ1v) is 7.21. The van der Waals surface area contributed by atoms with Crippen molar-refractivity contribution >= 4 is 0 Å². The van der Waals surface area contributed by atoms with Crippen LogP contribution < -0.4 is 5.73 Å². The van der Waals surface area contributed by atoms with Gasteiger partial charge in [0.05, 0.1) is 24.2 Å². The van der Waals surface area contributed by atoms with Crippen LogP contribution in [0.1, 0.15) is 45.0 Å². The first-order chi connectivity index (χ1) is 9.13.